The van der Waals surface area contributed by atoms with Gasteiger partial charge in [0.2, 0.25) is 0 Å². The monoisotopic (exact) mass is 271 g/mol. The van der Waals surface area contributed by atoms with E-state index in [1.807, 2.05) is 0 Å². The number of aromatic nitrogens is 2. The maximum absolute atomic E-state index is 12.0. The van der Waals surface area contributed by atoms with Crippen molar-refractivity contribution in [1.82, 2.24) is 15.3 Å². The van der Waals surface area contributed by atoms with Gasteiger partial charge in [-0.05, 0) is 18.2 Å². The third kappa shape index (κ3) is 3.09. The van der Waals surface area contributed by atoms with Crippen molar-refractivity contribution in [3.05, 3.63) is 40.3 Å². The van der Waals surface area contributed by atoms with Crippen LogP contribution in [0, 0.1) is 0 Å². The lowest BCUT2D eigenvalue weighted by molar-refractivity contribution is -0.123. The molecule has 1 amide bonds. The molecule has 8 heteroatoms. The van der Waals surface area contributed by atoms with Crippen LogP contribution in [-0.4, -0.2) is 28.6 Å². The van der Waals surface area contributed by atoms with Gasteiger partial charge in [0.05, 0.1) is 11.0 Å². The molecule has 2 aromatic rings. The van der Waals surface area contributed by atoms with Crippen LogP contribution in [0.15, 0.2) is 29.2 Å². The SMILES string of the molecule is O=C(NCC(F)(F)F)c1cc2ncccc2[nH]c1=O. The number of H-pyrrole nitrogens is 1. The van der Waals surface area contributed by atoms with E-state index in [-0.39, 0.29) is 0 Å². The average molecular weight is 271 g/mol. The first kappa shape index (κ1) is 13.1. The van der Waals surface area contributed by atoms with Crippen LogP contribution in [0.5, 0.6) is 0 Å². The third-order valence-corrected chi connectivity index (χ3v) is 2.31. The molecule has 100 valence electrons. The Morgan fingerprint density at radius 3 is 2.84 bits per heavy atom. The molecular weight excluding hydrogens is 263 g/mol. The molecule has 0 aliphatic heterocycles. The van der Waals surface area contributed by atoms with Crippen molar-refractivity contribution < 1.29 is 18.0 Å². The van der Waals surface area contributed by atoms with E-state index in [0.717, 1.165) is 6.07 Å². The third-order valence-electron chi connectivity index (χ3n) is 2.31. The number of aromatic amines is 1. The van der Waals surface area contributed by atoms with Gasteiger partial charge in [0, 0.05) is 6.20 Å². The molecule has 0 radical (unpaired) electrons. The number of halogens is 3. The second-order valence-corrected chi connectivity index (χ2v) is 3.75. The summed E-state index contributed by atoms with van der Waals surface area (Å²) >= 11 is 0. The number of carbonyl (C=O) groups excluding carboxylic acids is 1. The van der Waals surface area contributed by atoms with Gasteiger partial charge in [-0.3, -0.25) is 14.6 Å². The van der Waals surface area contributed by atoms with Crippen molar-refractivity contribution in [3.63, 3.8) is 0 Å². The van der Waals surface area contributed by atoms with Crippen molar-refractivity contribution >= 4 is 16.9 Å². The predicted molar refractivity (Wildman–Crippen MR) is 60.8 cm³/mol. The molecule has 0 fully saturated rings. The van der Waals surface area contributed by atoms with Gasteiger partial charge in [-0.15, -0.1) is 0 Å². The van der Waals surface area contributed by atoms with Crippen molar-refractivity contribution in [2.75, 3.05) is 6.54 Å². The largest absolute Gasteiger partial charge is 0.405 e. The molecule has 0 aliphatic carbocycles. The predicted octanol–water partition coefficient (Wildman–Crippen LogP) is 1.22. The molecule has 0 bridgehead atoms. The molecule has 19 heavy (non-hydrogen) atoms. The van der Waals surface area contributed by atoms with E-state index < -0.39 is 29.8 Å². The number of rotatable bonds is 2. The molecular formula is C11H8F3N3O2. The topological polar surface area (TPSA) is 74.8 Å². The fraction of sp³-hybridized carbons (Fsp3) is 0.182. The first-order chi connectivity index (χ1) is 8.87. The van der Waals surface area contributed by atoms with E-state index in [0.29, 0.717) is 11.0 Å². The van der Waals surface area contributed by atoms with Crippen molar-refractivity contribution in [1.29, 1.82) is 0 Å². The van der Waals surface area contributed by atoms with Crippen LogP contribution < -0.4 is 10.9 Å². The van der Waals surface area contributed by atoms with Gasteiger partial charge < -0.3 is 10.3 Å². The second-order valence-electron chi connectivity index (χ2n) is 3.75. The van der Waals surface area contributed by atoms with Crippen LogP contribution in [0.1, 0.15) is 10.4 Å². The van der Waals surface area contributed by atoms with Crippen LogP contribution in [0.25, 0.3) is 11.0 Å². The Balaban J connectivity index is 2.32. The summed E-state index contributed by atoms with van der Waals surface area (Å²) in [6.07, 6.45) is -3.09. The highest BCUT2D eigenvalue weighted by Gasteiger charge is 2.28. The molecule has 2 heterocycles. The fourth-order valence-corrected chi connectivity index (χ4v) is 1.47. The number of nitrogens with one attached hydrogen (secondary N) is 2. The molecule has 0 atom stereocenters. The first-order valence-electron chi connectivity index (χ1n) is 5.20. The maximum Gasteiger partial charge on any atom is 0.405 e. The Hall–Kier alpha value is -2.38. The molecule has 2 N–H and O–H groups in total. The lowest BCUT2D eigenvalue weighted by Crippen LogP contribution is -2.36. The zero-order valence-corrected chi connectivity index (χ0v) is 9.41. The highest BCUT2D eigenvalue weighted by Crippen LogP contribution is 2.12. The zero-order valence-electron chi connectivity index (χ0n) is 9.41. The Kier molecular flexibility index (Phi) is 3.24. The van der Waals surface area contributed by atoms with E-state index in [1.165, 1.54) is 6.20 Å². The van der Waals surface area contributed by atoms with Crippen LogP contribution in [0.3, 0.4) is 0 Å². The Morgan fingerprint density at radius 1 is 1.42 bits per heavy atom. The molecule has 5 nitrogen and oxygen atoms in total. The highest BCUT2D eigenvalue weighted by molar-refractivity contribution is 5.96. The van der Waals surface area contributed by atoms with Crippen LogP contribution >= 0.6 is 0 Å². The first-order valence-corrected chi connectivity index (χ1v) is 5.20. The van der Waals surface area contributed by atoms with E-state index in [1.54, 1.807) is 17.4 Å². The van der Waals surface area contributed by atoms with Gasteiger partial charge >= 0.3 is 6.18 Å². The molecule has 0 saturated carbocycles. The van der Waals surface area contributed by atoms with Gasteiger partial charge in [0.15, 0.2) is 0 Å². The van der Waals surface area contributed by atoms with E-state index in [4.69, 9.17) is 0 Å². The molecule has 2 rings (SSSR count). The Bertz CT molecular complexity index is 679. The number of pyridine rings is 2. The summed E-state index contributed by atoms with van der Waals surface area (Å²) < 4.78 is 35.9. The summed E-state index contributed by atoms with van der Waals surface area (Å²) in [5.41, 5.74) is -0.449. The van der Waals surface area contributed by atoms with Gasteiger partial charge in [0.25, 0.3) is 11.5 Å². The molecule has 0 saturated heterocycles. The summed E-state index contributed by atoms with van der Waals surface area (Å²) in [4.78, 5) is 29.3. The number of hydrogen-bond donors (Lipinski definition) is 2. The van der Waals surface area contributed by atoms with E-state index >= 15 is 0 Å². The van der Waals surface area contributed by atoms with E-state index in [9.17, 15) is 22.8 Å². The molecule has 0 aromatic carbocycles. The summed E-state index contributed by atoms with van der Waals surface area (Å²) in [7, 11) is 0. The number of fused-ring (bicyclic) bond motifs is 1. The normalized spacial score (nSPS) is 11.5. The molecule has 0 spiro atoms. The van der Waals surface area contributed by atoms with Crippen LogP contribution in [0.2, 0.25) is 0 Å². The van der Waals surface area contributed by atoms with Crippen molar-refractivity contribution in [3.8, 4) is 0 Å². The minimum absolute atomic E-state index is 0.319. The van der Waals surface area contributed by atoms with Gasteiger partial charge in [0.1, 0.15) is 12.1 Å². The molecule has 2 aromatic heterocycles. The summed E-state index contributed by atoms with van der Waals surface area (Å²) in [5, 5.41) is 1.63. The van der Waals surface area contributed by atoms with Crippen LogP contribution in [0.4, 0.5) is 13.2 Å². The van der Waals surface area contributed by atoms with Crippen LogP contribution in [-0.2, 0) is 0 Å². The standard InChI is InChI=1S/C11H8F3N3O2/c12-11(13,14)5-16-9(18)6-4-8-7(17-10(6)19)2-1-3-15-8/h1-4H,5H2,(H,16,18)(H,17,19). The number of hydrogen-bond acceptors (Lipinski definition) is 3. The second kappa shape index (κ2) is 4.71. The van der Waals surface area contributed by atoms with Gasteiger partial charge in [-0.2, -0.15) is 13.2 Å². The highest BCUT2D eigenvalue weighted by atomic mass is 19.4. The number of alkyl halides is 3. The zero-order chi connectivity index (χ0) is 14.0. The fourth-order valence-electron chi connectivity index (χ4n) is 1.47. The van der Waals surface area contributed by atoms with E-state index in [2.05, 4.69) is 9.97 Å². The minimum atomic E-state index is -4.53. The minimum Gasteiger partial charge on any atom is -0.343 e. The smallest absolute Gasteiger partial charge is 0.343 e. The maximum atomic E-state index is 12.0. The Morgan fingerprint density at radius 2 is 2.16 bits per heavy atom. The average Bonchev–Trinajstić information content (AvgIpc) is 2.34. The molecule has 0 aliphatic rings. The van der Waals surface area contributed by atoms with Crippen molar-refractivity contribution in [2.45, 2.75) is 6.18 Å². The van der Waals surface area contributed by atoms with Gasteiger partial charge in [-0.1, -0.05) is 0 Å². The number of amides is 1. The summed E-state index contributed by atoms with van der Waals surface area (Å²) in [6, 6.07) is 4.31. The Labute approximate surface area is 104 Å². The van der Waals surface area contributed by atoms with Crippen molar-refractivity contribution in [2.24, 2.45) is 0 Å². The molecule has 0 unspecified atom stereocenters. The summed E-state index contributed by atoms with van der Waals surface area (Å²) in [6.45, 7) is -1.49. The summed E-state index contributed by atoms with van der Waals surface area (Å²) in [5.74, 6) is -1.09. The lowest BCUT2D eigenvalue weighted by Gasteiger charge is -2.08. The lowest BCUT2D eigenvalue weighted by atomic mass is 10.2. The number of carbonyl (C=O) groups is 1. The van der Waals surface area contributed by atoms with Gasteiger partial charge in [-0.25, -0.2) is 0 Å². The quantitative estimate of drug-likeness (QED) is 0.862. The number of nitrogens with zero attached hydrogens (tertiary/aromatic N) is 1.